The maximum Gasteiger partial charge on any atom is 0.226 e. The molecule has 4 atom stereocenters. The van der Waals surface area contributed by atoms with E-state index in [2.05, 4.69) is 21.3 Å². The first kappa shape index (κ1) is 18.1. The van der Waals surface area contributed by atoms with E-state index in [1.807, 2.05) is 19.1 Å². The van der Waals surface area contributed by atoms with Gasteiger partial charge in [-0.15, -0.1) is 0 Å². The average molecular weight is 374 g/mol. The molecule has 0 bridgehead atoms. The molecule has 8 heteroatoms. The Hall–Kier alpha value is -2.29. The first-order chi connectivity index (χ1) is 13.1. The van der Waals surface area contributed by atoms with Gasteiger partial charge in [-0.1, -0.05) is 17.3 Å². The molecule has 1 amide bonds. The van der Waals surface area contributed by atoms with Gasteiger partial charge >= 0.3 is 0 Å². The van der Waals surface area contributed by atoms with E-state index in [1.165, 1.54) is 12.1 Å². The fraction of sp³-hybridized carbons (Fsp3) is 0.474. The van der Waals surface area contributed by atoms with Gasteiger partial charge in [-0.2, -0.15) is 0 Å². The second-order valence-corrected chi connectivity index (χ2v) is 7.22. The van der Waals surface area contributed by atoms with Crippen LogP contribution in [0.15, 0.2) is 34.9 Å². The first-order valence-corrected chi connectivity index (χ1v) is 9.14. The van der Waals surface area contributed by atoms with Crippen molar-refractivity contribution in [3.63, 3.8) is 0 Å². The quantitative estimate of drug-likeness (QED) is 0.730. The van der Waals surface area contributed by atoms with E-state index in [1.54, 1.807) is 6.07 Å². The summed E-state index contributed by atoms with van der Waals surface area (Å²) in [5.41, 5.74) is 7.68. The average Bonchev–Trinajstić information content (AvgIpc) is 3.37. The van der Waals surface area contributed by atoms with Crippen LogP contribution in [0.4, 0.5) is 4.39 Å². The molecule has 144 valence electrons. The number of nitrogens with zero attached hydrogens (tertiary/aromatic N) is 1. The Morgan fingerprint density at radius 1 is 1.37 bits per heavy atom. The van der Waals surface area contributed by atoms with E-state index in [9.17, 15) is 9.18 Å². The lowest BCUT2D eigenvalue weighted by atomic mass is 9.92. The summed E-state index contributed by atoms with van der Waals surface area (Å²) in [6.07, 6.45) is 0.667. The zero-order valence-electron chi connectivity index (χ0n) is 15.1. The number of amides is 1. The highest BCUT2D eigenvalue weighted by molar-refractivity contribution is 5.80. The normalized spacial score (nSPS) is 27.8. The highest BCUT2D eigenvalue weighted by atomic mass is 19.1. The van der Waals surface area contributed by atoms with Crippen molar-refractivity contribution in [2.75, 3.05) is 19.8 Å². The van der Waals surface area contributed by atoms with Crippen molar-refractivity contribution >= 4 is 5.91 Å². The highest BCUT2D eigenvalue weighted by Crippen LogP contribution is 2.27. The number of ether oxygens (including phenoxy) is 1. The Morgan fingerprint density at radius 2 is 2.26 bits per heavy atom. The minimum Gasteiger partial charge on any atom is -0.379 e. The molecule has 2 aliphatic heterocycles. The summed E-state index contributed by atoms with van der Waals surface area (Å²) in [7, 11) is 0. The second kappa shape index (κ2) is 7.75. The van der Waals surface area contributed by atoms with Gasteiger partial charge in [0.15, 0.2) is 0 Å². The number of carbonyl (C=O) groups excluding carboxylic acids is 1. The van der Waals surface area contributed by atoms with Crippen LogP contribution in [-0.4, -0.2) is 36.9 Å². The summed E-state index contributed by atoms with van der Waals surface area (Å²) in [5.74, 6) is 0.212. The molecular weight excluding hydrogens is 351 g/mol. The molecular formula is C19H23FN4O3. The van der Waals surface area contributed by atoms with Gasteiger partial charge in [-0.25, -0.2) is 9.82 Å². The molecule has 2 fully saturated rings. The van der Waals surface area contributed by atoms with E-state index in [0.717, 1.165) is 17.0 Å². The van der Waals surface area contributed by atoms with Crippen LogP contribution in [0.5, 0.6) is 0 Å². The molecule has 0 aliphatic carbocycles. The number of hydrogen-bond acceptors (Lipinski definition) is 6. The van der Waals surface area contributed by atoms with Crippen molar-refractivity contribution in [1.82, 2.24) is 21.3 Å². The van der Waals surface area contributed by atoms with Gasteiger partial charge in [0.2, 0.25) is 5.91 Å². The van der Waals surface area contributed by atoms with Crippen molar-refractivity contribution in [3.05, 3.63) is 53.2 Å². The molecule has 2 saturated heterocycles. The molecule has 7 nitrogen and oxygen atoms in total. The SMILES string of the molecule is Cc1cc(C[C@@H]2COC[C@@H]2NC(=O)C2CNNC2c2cccc(F)c2)on1. The van der Waals surface area contributed by atoms with Gasteiger partial charge in [0.05, 0.1) is 36.9 Å². The van der Waals surface area contributed by atoms with Crippen LogP contribution in [0, 0.1) is 24.6 Å². The number of carbonyl (C=O) groups is 1. The largest absolute Gasteiger partial charge is 0.379 e. The molecule has 0 radical (unpaired) electrons. The Labute approximate surface area is 156 Å². The number of nitrogens with one attached hydrogen (secondary N) is 3. The third-order valence-electron chi connectivity index (χ3n) is 5.19. The summed E-state index contributed by atoms with van der Waals surface area (Å²) < 4.78 is 24.4. The maximum absolute atomic E-state index is 13.6. The lowest BCUT2D eigenvalue weighted by Gasteiger charge is -2.23. The predicted octanol–water partition coefficient (Wildman–Crippen LogP) is 1.26. The van der Waals surface area contributed by atoms with Crippen molar-refractivity contribution in [2.24, 2.45) is 11.8 Å². The van der Waals surface area contributed by atoms with E-state index < -0.39 is 0 Å². The fourth-order valence-corrected chi connectivity index (χ4v) is 3.78. The number of rotatable bonds is 5. The Kier molecular flexibility index (Phi) is 5.20. The molecule has 2 unspecified atom stereocenters. The Morgan fingerprint density at radius 3 is 3.04 bits per heavy atom. The second-order valence-electron chi connectivity index (χ2n) is 7.22. The summed E-state index contributed by atoms with van der Waals surface area (Å²) >= 11 is 0. The van der Waals surface area contributed by atoms with E-state index in [0.29, 0.717) is 26.2 Å². The zero-order valence-corrected chi connectivity index (χ0v) is 15.1. The number of halogens is 1. The monoisotopic (exact) mass is 374 g/mol. The molecule has 3 N–H and O–H groups in total. The number of hydrogen-bond donors (Lipinski definition) is 3. The number of benzene rings is 1. The molecule has 2 aromatic rings. The summed E-state index contributed by atoms with van der Waals surface area (Å²) in [5, 5.41) is 7.02. The van der Waals surface area contributed by atoms with Crippen LogP contribution in [0.2, 0.25) is 0 Å². The summed E-state index contributed by atoms with van der Waals surface area (Å²) in [4.78, 5) is 12.9. The number of hydrazine groups is 1. The van der Waals surface area contributed by atoms with E-state index in [-0.39, 0.29) is 35.6 Å². The van der Waals surface area contributed by atoms with Crippen molar-refractivity contribution in [2.45, 2.75) is 25.4 Å². The molecule has 4 rings (SSSR count). The smallest absolute Gasteiger partial charge is 0.226 e. The fourth-order valence-electron chi connectivity index (χ4n) is 3.78. The van der Waals surface area contributed by atoms with Crippen LogP contribution < -0.4 is 16.2 Å². The minimum absolute atomic E-state index is 0.0731. The Balaban J connectivity index is 1.41. The third kappa shape index (κ3) is 4.02. The van der Waals surface area contributed by atoms with Gasteiger partial charge in [0, 0.05) is 24.9 Å². The highest BCUT2D eigenvalue weighted by Gasteiger charge is 2.37. The zero-order chi connectivity index (χ0) is 18.8. The van der Waals surface area contributed by atoms with Crippen LogP contribution in [0.3, 0.4) is 0 Å². The first-order valence-electron chi connectivity index (χ1n) is 9.14. The molecule has 1 aromatic heterocycles. The van der Waals surface area contributed by atoms with E-state index >= 15 is 0 Å². The number of aryl methyl sites for hydroxylation is 1. The van der Waals surface area contributed by atoms with Crippen LogP contribution in [-0.2, 0) is 16.0 Å². The third-order valence-corrected chi connectivity index (χ3v) is 5.19. The molecule has 0 spiro atoms. The van der Waals surface area contributed by atoms with Gasteiger partial charge in [0.25, 0.3) is 0 Å². The lowest BCUT2D eigenvalue weighted by molar-refractivity contribution is -0.125. The number of aromatic nitrogens is 1. The van der Waals surface area contributed by atoms with Gasteiger partial charge in [0.1, 0.15) is 11.6 Å². The molecule has 27 heavy (non-hydrogen) atoms. The topological polar surface area (TPSA) is 88.4 Å². The molecule has 1 aromatic carbocycles. The van der Waals surface area contributed by atoms with Crippen molar-refractivity contribution in [3.8, 4) is 0 Å². The van der Waals surface area contributed by atoms with Crippen molar-refractivity contribution < 1.29 is 18.4 Å². The predicted molar refractivity (Wildman–Crippen MR) is 95.0 cm³/mol. The maximum atomic E-state index is 13.6. The minimum atomic E-state index is -0.333. The molecule has 2 aliphatic rings. The molecule has 3 heterocycles. The van der Waals surface area contributed by atoms with E-state index in [4.69, 9.17) is 9.26 Å². The summed E-state index contributed by atoms with van der Waals surface area (Å²) in [6.45, 7) is 3.40. The van der Waals surface area contributed by atoms with Gasteiger partial charge in [-0.3, -0.25) is 10.2 Å². The van der Waals surface area contributed by atoms with Gasteiger partial charge in [-0.05, 0) is 24.6 Å². The van der Waals surface area contributed by atoms with Crippen LogP contribution in [0.25, 0.3) is 0 Å². The standard InChI is InChI=1S/C19H23FN4O3/c1-11-5-15(27-24-11)7-13-9-26-10-17(13)22-19(25)16-8-21-23-18(16)12-3-2-4-14(20)6-12/h2-6,13,16-18,21,23H,7-10H2,1H3,(H,22,25)/t13-,16?,17+,18?/m1/s1. The van der Waals surface area contributed by atoms with Crippen LogP contribution >= 0.6 is 0 Å². The molecule has 0 saturated carbocycles. The lowest BCUT2D eigenvalue weighted by Crippen LogP contribution is -2.45. The van der Waals surface area contributed by atoms with Crippen LogP contribution in [0.1, 0.15) is 23.1 Å². The Bertz CT molecular complexity index is 812. The summed E-state index contributed by atoms with van der Waals surface area (Å²) in [6, 6.07) is 7.87. The van der Waals surface area contributed by atoms with Gasteiger partial charge < -0.3 is 14.6 Å². The van der Waals surface area contributed by atoms with Crippen molar-refractivity contribution in [1.29, 1.82) is 0 Å².